The second-order valence-electron chi connectivity index (χ2n) is 5.45. The fourth-order valence-corrected chi connectivity index (χ4v) is 3.48. The molecule has 1 aliphatic rings. The van der Waals surface area contributed by atoms with Crippen LogP contribution in [0.25, 0.3) is 0 Å². The second-order valence-corrected chi connectivity index (χ2v) is 7.05. The molecule has 2 amide bonds. The zero-order valence-corrected chi connectivity index (χ0v) is 14.0. The molecule has 1 fully saturated rings. The number of benzene rings is 2. The van der Waals surface area contributed by atoms with Gasteiger partial charge in [0.05, 0.1) is 10.6 Å². The number of hydrogen-bond acceptors (Lipinski definition) is 3. The third-order valence-corrected chi connectivity index (χ3v) is 4.96. The van der Waals surface area contributed by atoms with Gasteiger partial charge in [-0.2, -0.15) is 8.42 Å². The van der Waals surface area contributed by atoms with Gasteiger partial charge in [0.2, 0.25) is 0 Å². The van der Waals surface area contributed by atoms with E-state index in [0.717, 1.165) is 5.56 Å². The molecule has 1 heterocycles. The summed E-state index contributed by atoms with van der Waals surface area (Å²) in [6.07, 6.45) is 0.339. The summed E-state index contributed by atoms with van der Waals surface area (Å²) in [5.41, 5.74) is 1.63. The van der Waals surface area contributed by atoms with Crippen LogP contribution in [-0.2, 0) is 10.0 Å². The minimum atomic E-state index is -3.87. The third kappa shape index (κ3) is 3.30. The molecule has 7 heteroatoms. The van der Waals surface area contributed by atoms with Crippen LogP contribution in [0.1, 0.15) is 12.0 Å². The predicted molar refractivity (Wildman–Crippen MR) is 92.7 cm³/mol. The van der Waals surface area contributed by atoms with Gasteiger partial charge in [-0.05, 0) is 31.2 Å². The number of hydrogen-bond donors (Lipinski definition) is 1. The van der Waals surface area contributed by atoms with Gasteiger partial charge >= 0.3 is 6.03 Å². The van der Waals surface area contributed by atoms with Crippen LogP contribution in [0.3, 0.4) is 0 Å². The van der Waals surface area contributed by atoms with Crippen molar-refractivity contribution in [1.29, 1.82) is 0 Å². The topological polar surface area (TPSA) is 78.8 Å². The number of urea groups is 1. The van der Waals surface area contributed by atoms with Gasteiger partial charge in [0.1, 0.15) is 5.84 Å². The largest absolute Gasteiger partial charge is 0.337 e. The molecule has 0 spiro atoms. The molecule has 24 heavy (non-hydrogen) atoms. The highest BCUT2D eigenvalue weighted by atomic mass is 32.2. The van der Waals surface area contributed by atoms with Gasteiger partial charge in [0.25, 0.3) is 10.0 Å². The van der Waals surface area contributed by atoms with Crippen molar-refractivity contribution in [2.75, 3.05) is 11.4 Å². The lowest BCUT2D eigenvalue weighted by molar-refractivity contribution is 0.248. The summed E-state index contributed by atoms with van der Waals surface area (Å²) in [6.45, 7) is 2.29. The number of nitrogens with zero attached hydrogens (tertiary/aromatic N) is 2. The van der Waals surface area contributed by atoms with Crippen LogP contribution in [0.4, 0.5) is 10.5 Å². The highest BCUT2D eigenvalue weighted by Gasteiger charge is 2.28. The van der Waals surface area contributed by atoms with Gasteiger partial charge in [-0.25, -0.2) is 9.69 Å². The van der Waals surface area contributed by atoms with Crippen molar-refractivity contribution < 1.29 is 13.2 Å². The summed E-state index contributed by atoms with van der Waals surface area (Å²) < 4.78 is 28.9. The number of amidine groups is 1. The van der Waals surface area contributed by atoms with E-state index in [2.05, 4.69) is 9.71 Å². The van der Waals surface area contributed by atoms with E-state index in [1.807, 2.05) is 19.1 Å². The van der Waals surface area contributed by atoms with Crippen molar-refractivity contribution in [3.63, 3.8) is 0 Å². The number of rotatable bonds is 3. The normalized spacial score (nSPS) is 17.0. The standard InChI is InChI=1S/C17H17N3O3S/c1-13-7-9-14(10-8-13)20-16(11-12-18-17(20)21)19-24(22,23)15-5-3-2-4-6-15/h2-10H,11-12H2,1H3,(H,18,21). The quantitative estimate of drug-likeness (QED) is 0.930. The van der Waals surface area contributed by atoms with Crippen LogP contribution in [0.5, 0.6) is 0 Å². The van der Waals surface area contributed by atoms with Gasteiger partial charge in [-0.1, -0.05) is 35.9 Å². The summed E-state index contributed by atoms with van der Waals surface area (Å²) >= 11 is 0. The van der Waals surface area contributed by atoms with Crippen LogP contribution in [0.2, 0.25) is 0 Å². The van der Waals surface area contributed by atoms with Crippen LogP contribution >= 0.6 is 0 Å². The predicted octanol–water partition coefficient (Wildman–Crippen LogP) is 2.70. The molecule has 0 unspecified atom stereocenters. The monoisotopic (exact) mass is 343 g/mol. The van der Waals surface area contributed by atoms with Crippen molar-refractivity contribution in [2.45, 2.75) is 18.2 Å². The molecule has 0 atom stereocenters. The lowest BCUT2D eigenvalue weighted by Gasteiger charge is -2.28. The fourth-order valence-electron chi connectivity index (χ4n) is 2.42. The number of carbonyl (C=O) groups is 1. The zero-order chi connectivity index (χ0) is 17.2. The Morgan fingerprint density at radius 2 is 1.71 bits per heavy atom. The van der Waals surface area contributed by atoms with Crippen LogP contribution in [0, 0.1) is 6.92 Å². The van der Waals surface area contributed by atoms with Crippen LogP contribution in [-0.4, -0.2) is 26.8 Å². The van der Waals surface area contributed by atoms with E-state index in [4.69, 9.17) is 0 Å². The Kier molecular flexibility index (Phi) is 4.35. The van der Waals surface area contributed by atoms with Gasteiger partial charge in [-0.15, -0.1) is 4.40 Å². The molecule has 1 saturated heterocycles. The van der Waals surface area contributed by atoms with E-state index in [1.165, 1.54) is 17.0 Å². The molecule has 0 saturated carbocycles. The van der Waals surface area contributed by atoms with Crippen LogP contribution < -0.4 is 10.2 Å². The first-order chi connectivity index (χ1) is 11.5. The number of carbonyl (C=O) groups excluding carboxylic acids is 1. The minimum absolute atomic E-state index is 0.104. The Bertz CT molecular complexity index is 875. The van der Waals surface area contributed by atoms with Crippen LogP contribution in [0.15, 0.2) is 63.9 Å². The smallest absolute Gasteiger partial charge is 0.327 e. The lowest BCUT2D eigenvalue weighted by atomic mass is 10.2. The van der Waals surface area contributed by atoms with Crippen molar-refractivity contribution in [3.8, 4) is 0 Å². The number of aryl methyl sites for hydroxylation is 1. The lowest BCUT2D eigenvalue weighted by Crippen LogP contribution is -2.50. The zero-order valence-electron chi connectivity index (χ0n) is 13.1. The number of sulfonamides is 1. The van der Waals surface area contributed by atoms with Crippen molar-refractivity contribution in [1.82, 2.24) is 5.32 Å². The van der Waals surface area contributed by atoms with E-state index >= 15 is 0 Å². The average Bonchev–Trinajstić information content (AvgIpc) is 2.57. The Balaban J connectivity index is 2.03. The molecule has 2 aromatic carbocycles. The Morgan fingerprint density at radius 3 is 2.38 bits per heavy atom. The number of amides is 2. The maximum atomic E-state index is 12.5. The first-order valence-electron chi connectivity index (χ1n) is 7.51. The van der Waals surface area contributed by atoms with E-state index in [-0.39, 0.29) is 16.8 Å². The molecule has 1 aliphatic heterocycles. The van der Waals surface area contributed by atoms with Gasteiger partial charge in [0, 0.05) is 13.0 Å². The summed E-state index contributed by atoms with van der Waals surface area (Å²) in [4.78, 5) is 13.7. The van der Waals surface area contributed by atoms with Crippen molar-refractivity contribution in [3.05, 3.63) is 60.2 Å². The molecule has 0 aliphatic carbocycles. The highest BCUT2D eigenvalue weighted by Crippen LogP contribution is 2.21. The molecule has 124 valence electrons. The fraction of sp³-hybridized carbons (Fsp3) is 0.176. The average molecular weight is 343 g/mol. The van der Waals surface area contributed by atoms with Crippen molar-refractivity contribution >= 4 is 27.6 Å². The highest BCUT2D eigenvalue weighted by molar-refractivity contribution is 7.90. The molecule has 6 nitrogen and oxygen atoms in total. The maximum Gasteiger partial charge on any atom is 0.327 e. The Hall–Kier alpha value is -2.67. The van der Waals surface area contributed by atoms with Crippen molar-refractivity contribution in [2.24, 2.45) is 4.40 Å². The Morgan fingerprint density at radius 1 is 1.04 bits per heavy atom. The molecule has 1 N–H and O–H groups in total. The van der Waals surface area contributed by atoms with Gasteiger partial charge in [-0.3, -0.25) is 0 Å². The maximum absolute atomic E-state index is 12.5. The molecule has 2 aromatic rings. The third-order valence-electron chi connectivity index (χ3n) is 3.64. The van der Waals surface area contributed by atoms with Gasteiger partial charge in [0.15, 0.2) is 0 Å². The van der Waals surface area contributed by atoms with Gasteiger partial charge < -0.3 is 5.32 Å². The van der Waals surface area contributed by atoms with E-state index in [0.29, 0.717) is 18.7 Å². The number of anilines is 1. The summed E-state index contributed by atoms with van der Waals surface area (Å²) in [5.74, 6) is 0.214. The van der Waals surface area contributed by atoms with E-state index in [1.54, 1.807) is 30.3 Å². The van der Waals surface area contributed by atoms with E-state index in [9.17, 15) is 13.2 Å². The first kappa shape index (κ1) is 16.2. The Labute approximate surface area is 140 Å². The molecule has 3 rings (SSSR count). The minimum Gasteiger partial charge on any atom is -0.337 e. The summed E-state index contributed by atoms with van der Waals surface area (Å²) in [5, 5.41) is 2.71. The second kappa shape index (κ2) is 6.45. The molecular formula is C17H17N3O3S. The first-order valence-corrected chi connectivity index (χ1v) is 8.95. The molecular weight excluding hydrogens is 326 g/mol. The summed E-state index contributed by atoms with van der Waals surface area (Å²) in [7, 11) is -3.87. The molecule has 0 aromatic heterocycles. The SMILES string of the molecule is Cc1ccc(N2C(=O)NCCC2=NS(=O)(=O)c2ccccc2)cc1. The number of nitrogens with one attached hydrogen (secondary N) is 1. The molecule has 0 radical (unpaired) electrons. The summed E-state index contributed by atoms with van der Waals surface area (Å²) in [6, 6.07) is 14.9. The molecule has 0 bridgehead atoms. The van der Waals surface area contributed by atoms with E-state index < -0.39 is 10.0 Å².